The summed E-state index contributed by atoms with van der Waals surface area (Å²) in [4.78, 5) is 31.5. The number of hydrogen-bond donors (Lipinski definition) is 3. The number of anilines is 1. The molecule has 6 rings (SSSR count). The molecule has 0 spiro atoms. The topological polar surface area (TPSA) is 98.8 Å². The van der Waals surface area contributed by atoms with Gasteiger partial charge in [0.2, 0.25) is 5.91 Å². The molecule has 1 saturated carbocycles. The molecule has 1 aliphatic carbocycles. The van der Waals surface area contributed by atoms with E-state index < -0.39 is 0 Å². The van der Waals surface area contributed by atoms with Gasteiger partial charge in [-0.1, -0.05) is 17.7 Å². The fourth-order valence-electron chi connectivity index (χ4n) is 5.42. The van der Waals surface area contributed by atoms with Gasteiger partial charge in [0, 0.05) is 61.3 Å². The van der Waals surface area contributed by atoms with E-state index in [-0.39, 0.29) is 17.9 Å². The second kappa shape index (κ2) is 10.5. The fraction of sp³-hybridized carbons (Fsp3) is 0.357. The van der Waals surface area contributed by atoms with E-state index in [2.05, 4.69) is 35.5 Å². The van der Waals surface area contributed by atoms with Crippen LogP contribution in [-0.2, 0) is 11.3 Å². The van der Waals surface area contributed by atoms with Crippen molar-refractivity contribution in [3.63, 3.8) is 0 Å². The van der Waals surface area contributed by atoms with Gasteiger partial charge in [-0.3, -0.25) is 14.7 Å². The Balaban J connectivity index is 0.994. The van der Waals surface area contributed by atoms with Crippen LogP contribution in [0.25, 0.3) is 22.2 Å². The van der Waals surface area contributed by atoms with Gasteiger partial charge in [-0.05, 0) is 67.6 Å². The van der Waals surface area contributed by atoms with Crippen molar-refractivity contribution in [1.82, 2.24) is 30.2 Å². The minimum atomic E-state index is 0.0772. The van der Waals surface area contributed by atoms with Crippen molar-refractivity contribution < 1.29 is 4.79 Å². The quantitative estimate of drug-likeness (QED) is 0.310. The SMILES string of the molecule is O=C(N[C@H]1CC[C@H](Nc2cc(-c3c[nH]c4ncccc34)cc(Cl)n2)CC1)C1CN(Cc2ccccn2)C1. The van der Waals surface area contributed by atoms with Crippen molar-refractivity contribution in [1.29, 1.82) is 0 Å². The number of nitrogens with zero attached hydrogens (tertiary/aromatic N) is 4. The van der Waals surface area contributed by atoms with E-state index >= 15 is 0 Å². The molecule has 1 saturated heterocycles. The van der Waals surface area contributed by atoms with Gasteiger partial charge >= 0.3 is 0 Å². The Kier molecular flexibility index (Phi) is 6.76. The average molecular weight is 516 g/mol. The number of hydrogen-bond acceptors (Lipinski definition) is 6. The van der Waals surface area contributed by atoms with E-state index in [9.17, 15) is 4.79 Å². The first-order valence-electron chi connectivity index (χ1n) is 12.9. The largest absolute Gasteiger partial charge is 0.367 e. The summed E-state index contributed by atoms with van der Waals surface area (Å²) >= 11 is 6.39. The number of carbonyl (C=O) groups is 1. The van der Waals surface area contributed by atoms with Gasteiger partial charge in [0.15, 0.2) is 0 Å². The highest BCUT2D eigenvalue weighted by Gasteiger charge is 2.34. The van der Waals surface area contributed by atoms with Crippen molar-refractivity contribution in [2.45, 2.75) is 44.3 Å². The Hall–Kier alpha value is -3.49. The fourth-order valence-corrected chi connectivity index (χ4v) is 5.63. The van der Waals surface area contributed by atoms with Gasteiger partial charge in [-0.25, -0.2) is 9.97 Å². The number of amides is 1. The van der Waals surface area contributed by atoms with Gasteiger partial charge < -0.3 is 15.6 Å². The maximum absolute atomic E-state index is 12.7. The molecule has 9 heteroatoms. The average Bonchev–Trinajstić information content (AvgIpc) is 3.32. The molecule has 37 heavy (non-hydrogen) atoms. The maximum Gasteiger partial charge on any atom is 0.225 e. The standard InChI is InChI=1S/C28H30ClN7O/c29-25-12-18(24-14-32-27-23(24)5-3-11-31-27)13-26(35-25)33-20-6-8-21(9-7-20)34-28(37)19-15-36(16-19)17-22-4-1-2-10-30-22/h1-5,10-14,19-21H,6-9,15-17H2,(H,31,32)(H,33,35)(H,34,37)/t20-,21-. The predicted octanol–water partition coefficient (Wildman–Crippen LogP) is 4.64. The third-order valence-electron chi connectivity index (χ3n) is 7.42. The van der Waals surface area contributed by atoms with Crippen molar-refractivity contribution in [3.8, 4) is 11.1 Å². The summed E-state index contributed by atoms with van der Waals surface area (Å²) in [6.45, 7) is 2.40. The Morgan fingerprint density at radius 1 is 1.03 bits per heavy atom. The summed E-state index contributed by atoms with van der Waals surface area (Å²) in [5.41, 5.74) is 3.95. The summed E-state index contributed by atoms with van der Waals surface area (Å²) in [7, 11) is 0. The lowest BCUT2D eigenvalue weighted by Gasteiger charge is -2.39. The summed E-state index contributed by atoms with van der Waals surface area (Å²) in [6.07, 6.45) is 9.40. The van der Waals surface area contributed by atoms with Gasteiger partial charge in [-0.2, -0.15) is 0 Å². The molecule has 0 radical (unpaired) electrons. The molecule has 190 valence electrons. The van der Waals surface area contributed by atoms with Crippen molar-refractivity contribution in [2.75, 3.05) is 18.4 Å². The van der Waals surface area contributed by atoms with E-state index in [1.165, 1.54) is 0 Å². The number of rotatable bonds is 7. The smallest absolute Gasteiger partial charge is 0.225 e. The molecule has 0 aromatic carbocycles. The van der Waals surface area contributed by atoms with Gasteiger partial charge in [0.1, 0.15) is 16.6 Å². The van der Waals surface area contributed by atoms with Gasteiger partial charge in [0.25, 0.3) is 0 Å². The van der Waals surface area contributed by atoms with E-state index in [0.29, 0.717) is 11.2 Å². The van der Waals surface area contributed by atoms with E-state index in [1.54, 1.807) is 6.20 Å². The zero-order chi connectivity index (χ0) is 25.2. The van der Waals surface area contributed by atoms with Crippen LogP contribution in [0, 0.1) is 5.92 Å². The van der Waals surface area contributed by atoms with Gasteiger partial charge in [0.05, 0.1) is 11.6 Å². The minimum Gasteiger partial charge on any atom is -0.367 e. The molecule has 1 aliphatic heterocycles. The lowest BCUT2D eigenvalue weighted by Crippen LogP contribution is -2.55. The molecule has 4 aromatic heterocycles. The maximum atomic E-state index is 12.7. The number of H-pyrrole nitrogens is 1. The zero-order valence-electron chi connectivity index (χ0n) is 20.5. The second-order valence-corrected chi connectivity index (χ2v) is 10.5. The molecule has 4 aromatic rings. The highest BCUT2D eigenvalue weighted by molar-refractivity contribution is 6.29. The summed E-state index contributed by atoms with van der Waals surface area (Å²) in [5.74, 6) is 1.03. The number of likely N-dealkylation sites (tertiary alicyclic amines) is 1. The highest BCUT2D eigenvalue weighted by Crippen LogP contribution is 2.31. The Morgan fingerprint density at radius 2 is 1.84 bits per heavy atom. The predicted molar refractivity (Wildman–Crippen MR) is 145 cm³/mol. The molecule has 0 unspecified atom stereocenters. The molecule has 5 heterocycles. The zero-order valence-corrected chi connectivity index (χ0v) is 21.3. The summed E-state index contributed by atoms with van der Waals surface area (Å²) in [5, 5.41) is 8.37. The number of fused-ring (bicyclic) bond motifs is 1. The van der Waals surface area contributed by atoms with Crippen LogP contribution in [0.15, 0.2) is 61.1 Å². The van der Waals surface area contributed by atoms with E-state index in [4.69, 9.17) is 11.6 Å². The van der Waals surface area contributed by atoms with E-state index in [0.717, 1.165) is 79.0 Å². The van der Waals surface area contributed by atoms with Crippen LogP contribution in [0.5, 0.6) is 0 Å². The Bertz CT molecular complexity index is 1380. The van der Waals surface area contributed by atoms with Crippen molar-refractivity contribution in [3.05, 3.63) is 71.9 Å². The van der Waals surface area contributed by atoms with Crippen molar-refractivity contribution in [2.24, 2.45) is 5.92 Å². The lowest BCUT2D eigenvalue weighted by atomic mass is 9.90. The monoisotopic (exact) mass is 515 g/mol. The second-order valence-electron chi connectivity index (χ2n) is 10.1. The highest BCUT2D eigenvalue weighted by atomic mass is 35.5. The molecule has 0 bridgehead atoms. The molecular formula is C28H30ClN7O. The molecule has 8 nitrogen and oxygen atoms in total. The summed E-state index contributed by atoms with van der Waals surface area (Å²) < 4.78 is 0. The molecule has 3 N–H and O–H groups in total. The molecule has 2 fully saturated rings. The van der Waals surface area contributed by atoms with Crippen LogP contribution in [-0.4, -0.2) is 55.9 Å². The first-order valence-corrected chi connectivity index (χ1v) is 13.3. The molecular weight excluding hydrogens is 486 g/mol. The number of halogens is 1. The van der Waals surface area contributed by atoms with Crippen LogP contribution >= 0.6 is 11.6 Å². The van der Waals surface area contributed by atoms with Crippen LogP contribution in [0.2, 0.25) is 5.15 Å². The normalized spacial score (nSPS) is 20.5. The number of nitrogens with one attached hydrogen (secondary N) is 3. The summed E-state index contributed by atoms with van der Waals surface area (Å²) in [6, 6.07) is 14.4. The Morgan fingerprint density at radius 3 is 2.65 bits per heavy atom. The van der Waals surface area contributed by atoms with Gasteiger partial charge in [-0.15, -0.1) is 0 Å². The lowest BCUT2D eigenvalue weighted by molar-refractivity contribution is -0.131. The third-order valence-corrected chi connectivity index (χ3v) is 7.62. The van der Waals surface area contributed by atoms with Crippen LogP contribution in [0.3, 0.4) is 0 Å². The van der Waals surface area contributed by atoms with Crippen LogP contribution in [0.4, 0.5) is 5.82 Å². The third kappa shape index (κ3) is 5.45. The van der Waals surface area contributed by atoms with Crippen molar-refractivity contribution >= 4 is 34.4 Å². The Labute approximate surface area is 220 Å². The van der Waals surface area contributed by atoms with Crippen LogP contribution < -0.4 is 10.6 Å². The number of aromatic nitrogens is 4. The number of carbonyl (C=O) groups excluding carboxylic acids is 1. The van der Waals surface area contributed by atoms with E-state index in [1.807, 2.05) is 54.9 Å². The molecule has 2 aliphatic rings. The molecule has 0 atom stereocenters. The number of aromatic amines is 1. The van der Waals surface area contributed by atoms with Crippen LogP contribution in [0.1, 0.15) is 31.4 Å². The molecule has 1 amide bonds. The minimum absolute atomic E-state index is 0.0772. The number of pyridine rings is 3. The first-order chi connectivity index (χ1) is 18.1. The first kappa shape index (κ1) is 23.9.